The molecule has 0 aliphatic carbocycles. The Morgan fingerprint density at radius 1 is 0.964 bits per heavy atom. The lowest BCUT2D eigenvalue weighted by Gasteiger charge is -1.97. The number of aromatic amines is 1. The van der Waals surface area contributed by atoms with Gasteiger partial charge in [-0.3, -0.25) is 0 Å². The number of hydrazone groups is 1. The Hall–Kier alpha value is -3.84. The molecule has 1 heterocycles. The second-order valence-electron chi connectivity index (χ2n) is 6.40. The molecule has 4 nitrogen and oxygen atoms in total. The highest BCUT2D eigenvalue weighted by atomic mass is 15.3. The van der Waals surface area contributed by atoms with Gasteiger partial charge in [0.2, 0.25) is 5.95 Å². The SMILES string of the molecule is CCc1cccc(C#Cc2ccc(/C=N/Nc3nc4ccccc4[nH]3)cc2)c1. The molecule has 4 heteroatoms. The van der Waals surface area contributed by atoms with Crippen molar-refractivity contribution < 1.29 is 0 Å². The van der Waals surface area contributed by atoms with Gasteiger partial charge >= 0.3 is 0 Å². The van der Waals surface area contributed by atoms with Crippen LogP contribution in [0.3, 0.4) is 0 Å². The standard InChI is InChI=1S/C24H20N4/c1-2-18-6-5-7-20(16-18)13-10-19-11-14-21(15-12-19)17-25-28-24-26-22-8-3-4-9-23(22)27-24/h3-9,11-12,14-17H,2H2,1H3,(H2,26,27,28)/b25-17+. The molecule has 0 saturated carbocycles. The number of aryl methyl sites for hydroxylation is 1. The predicted octanol–water partition coefficient (Wildman–Crippen LogP) is 4.97. The Morgan fingerprint density at radius 2 is 1.79 bits per heavy atom. The first-order chi connectivity index (χ1) is 13.8. The summed E-state index contributed by atoms with van der Waals surface area (Å²) in [6.07, 6.45) is 2.78. The molecule has 0 unspecified atom stereocenters. The van der Waals surface area contributed by atoms with Crippen LogP contribution in [0.5, 0.6) is 0 Å². The number of imidazole rings is 1. The minimum atomic E-state index is 0.620. The summed E-state index contributed by atoms with van der Waals surface area (Å²) < 4.78 is 0. The first-order valence-corrected chi connectivity index (χ1v) is 9.25. The molecule has 2 N–H and O–H groups in total. The van der Waals surface area contributed by atoms with Crippen LogP contribution in [0.2, 0.25) is 0 Å². The number of H-pyrrole nitrogens is 1. The average Bonchev–Trinajstić information content (AvgIpc) is 3.16. The maximum atomic E-state index is 4.42. The van der Waals surface area contributed by atoms with Crippen molar-refractivity contribution in [2.45, 2.75) is 13.3 Å². The zero-order valence-corrected chi connectivity index (χ0v) is 15.6. The van der Waals surface area contributed by atoms with Crippen molar-refractivity contribution >= 4 is 23.2 Å². The Labute approximate surface area is 164 Å². The van der Waals surface area contributed by atoms with Gasteiger partial charge in [0.1, 0.15) is 0 Å². The summed E-state index contributed by atoms with van der Waals surface area (Å²) in [6.45, 7) is 2.15. The number of hydrogen-bond donors (Lipinski definition) is 2. The fraction of sp³-hybridized carbons (Fsp3) is 0.0833. The summed E-state index contributed by atoms with van der Waals surface area (Å²) in [5.74, 6) is 7.05. The van der Waals surface area contributed by atoms with Crippen LogP contribution in [-0.2, 0) is 6.42 Å². The first-order valence-electron chi connectivity index (χ1n) is 9.25. The number of anilines is 1. The quantitative estimate of drug-likeness (QED) is 0.305. The molecule has 3 aromatic carbocycles. The van der Waals surface area contributed by atoms with Crippen LogP contribution in [0.4, 0.5) is 5.95 Å². The number of nitrogens with zero attached hydrogens (tertiary/aromatic N) is 2. The average molecular weight is 364 g/mol. The molecule has 0 fully saturated rings. The van der Waals surface area contributed by atoms with E-state index in [1.54, 1.807) is 6.21 Å². The molecule has 0 atom stereocenters. The van der Waals surface area contributed by atoms with Crippen LogP contribution >= 0.6 is 0 Å². The Bertz CT molecular complexity index is 1140. The third-order valence-electron chi connectivity index (χ3n) is 4.37. The van der Waals surface area contributed by atoms with Gasteiger partial charge in [-0.05, 0) is 53.9 Å². The van der Waals surface area contributed by atoms with E-state index in [2.05, 4.69) is 57.5 Å². The van der Waals surface area contributed by atoms with Crippen LogP contribution in [0, 0.1) is 11.8 Å². The molecule has 0 amide bonds. The summed E-state index contributed by atoms with van der Waals surface area (Å²) in [6, 6.07) is 24.2. The third-order valence-corrected chi connectivity index (χ3v) is 4.37. The summed E-state index contributed by atoms with van der Waals surface area (Å²) >= 11 is 0. The van der Waals surface area contributed by atoms with Crippen LogP contribution in [0.1, 0.15) is 29.2 Å². The molecule has 0 aliphatic rings. The lowest BCUT2D eigenvalue weighted by molar-refractivity contribution is 1.14. The molecule has 1 aromatic heterocycles. The number of aromatic nitrogens is 2. The van der Waals surface area contributed by atoms with Crippen molar-refractivity contribution in [2.75, 3.05) is 5.43 Å². The zero-order valence-electron chi connectivity index (χ0n) is 15.6. The van der Waals surface area contributed by atoms with Gasteiger partial charge in [-0.2, -0.15) is 5.10 Å². The summed E-state index contributed by atoms with van der Waals surface area (Å²) in [7, 11) is 0. The van der Waals surface area contributed by atoms with E-state index in [9.17, 15) is 0 Å². The van der Waals surface area contributed by atoms with Crippen molar-refractivity contribution in [3.05, 3.63) is 95.1 Å². The van der Waals surface area contributed by atoms with E-state index >= 15 is 0 Å². The Balaban J connectivity index is 1.40. The number of hydrogen-bond acceptors (Lipinski definition) is 3. The minimum Gasteiger partial charge on any atom is -0.323 e. The van der Waals surface area contributed by atoms with Gasteiger partial charge < -0.3 is 4.98 Å². The van der Waals surface area contributed by atoms with Gasteiger partial charge in [0.25, 0.3) is 0 Å². The molecular weight excluding hydrogens is 344 g/mol. The predicted molar refractivity (Wildman–Crippen MR) is 116 cm³/mol. The van der Waals surface area contributed by atoms with E-state index in [-0.39, 0.29) is 0 Å². The maximum Gasteiger partial charge on any atom is 0.222 e. The lowest BCUT2D eigenvalue weighted by Crippen LogP contribution is -1.92. The second kappa shape index (κ2) is 8.24. The van der Waals surface area contributed by atoms with E-state index in [0.717, 1.165) is 34.1 Å². The van der Waals surface area contributed by atoms with Crippen LogP contribution in [-0.4, -0.2) is 16.2 Å². The molecule has 0 saturated heterocycles. The molecule has 0 radical (unpaired) electrons. The highest BCUT2D eigenvalue weighted by molar-refractivity contribution is 5.81. The van der Waals surface area contributed by atoms with E-state index in [1.807, 2.05) is 54.6 Å². The van der Waals surface area contributed by atoms with Crippen molar-refractivity contribution in [1.29, 1.82) is 0 Å². The second-order valence-corrected chi connectivity index (χ2v) is 6.40. The molecule has 4 aromatic rings. The van der Waals surface area contributed by atoms with Gasteiger partial charge in [0.05, 0.1) is 17.2 Å². The van der Waals surface area contributed by atoms with Gasteiger partial charge in [-0.25, -0.2) is 10.4 Å². The van der Waals surface area contributed by atoms with Gasteiger partial charge in [-0.15, -0.1) is 0 Å². The highest BCUT2D eigenvalue weighted by Crippen LogP contribution is 2.13. The van der Waals surface area contributed by atoms with Crippen LogP contribution in [0.25, 0.3) is 11.0 Å². The topological polar surface area (TPSA) is 53.1 Å². The maximum absolute atomic E-state index is 4.42. The molecule has 4 rings (SSSR count). The summed E-state index contributed by atoms with van der Waals surface area (Å²) in [4.78, 5) is 7.60. The number of benzene rings is 3. The molecule has 0 spiro atoms. The van der Waals surface area contributed by atoms with Crippen molar-refractivity contribution in [3.63, 3.8) is 0 Å². The van der Waals surface area contributed by atoms with Crippen molar-refractivity contribution in [2.24, 2.45) is 5.10 Å². The molecule has 136 valence electrons. The Kier molecular flexibility index (Phi) is 5.17. The Morgan fingerprint density at radius 3 is 2.61 bits per heavy atom. The zero-order chi connectivity index (χ0) is 19.2. The molecule has 28 heavy (non-hydrogen) atoms. The lowest BCUT2D eigenvalue weighted by atomic mass is 10.1. The first kappa shape index (κ1) is 17.6. The van der Waals surface area contributed by atoms with E-state index in [4.69, 9.17) is 0 Å². The largest absolute Gasteiger partial charge is 0.323 e. The van der Waals surface area contributed by atoms with E-state index in [1.165, 1.54) is 5.56 Å². The van der Waals surface area contributed by atoms with E-state index in [0.29, 0.717) is 5.95 Å². The number of para-hydroxylation sites is 2. The number of rotatable bonds is 4. The fourth-order valence-corrected chi connectivity index (χ4v) is 2.84. The number of nitrogens with one attached hydrogen (secondary N) is 2. The van der Waals surface area contributed by atoms with Gasteiger partial charge in [0.15, 0.2) is 0 Å². The number of fused-ring (bicyclic) bond motifs is 1. The normalized spacial score (nSPS) is 10.8. The van der Waals surface area contributed by atoms with Crippen molar-refractivity contribution in [1.82, 2.24) is 9.97 Å². The van der Waals surface area contributed by atoms with Gasteiger partial charge in [-0.1, -0.05) is 55.2 Å². The molecular formula is C24H20N4. The van der Waals surface area contributed by atoms with Crippen LogP contribution in [0.15, 0.2) is 77.9 Å². The summed E-state index contributed by atoms with van der Waals surface area (Å²) in [5.41, 5.74) is 9.13. The fourth-order valence-electron chi connectivity index (χ4n) is 2.84. The van der Waals surface area contributed by atoms with E-state index < -0.39 is 0 Å². The summed E-state index contributed by atoms with van der Waals surface area (Å²) in [5, 5.41) is 4.24. The van der Waals surface area contributed by atoms with Crippen LogP contribution < -0.4 is 5.43 Å². The smallest absolute Gasteiger partial charge is 0.222 e. The third kappa shape index (κ3) is 4.28. The monoisotopic (exact) mass is 364 g/mol. The van der Waals surface area contributed by atoms with Gasteiger partial charge in [0, 0.05) is 11.1 Å². The molecule has 0 bridgehead atoms. The van der Waals surface area contributed by atoms with Crippen molar-refractivity contribution in [3.8, 4) is 11.8 Å². The minimum absolute atomic E-state index is 0.620. The molecule has 0 aliphatic heterocycles. The highest BCUT2D eigenvalue weighted by Gasteiger charge is 1.99.